The minimum absolute atomic E-state index is 0.452. The molecule has 1 atom stereocenters. The van der Waals surface area contributed by atoms with Gasteiger partial charge in [-0.15, -0.1) is 0 Å². The van der Waals surface area contributed by atoms with Crippen LogP contribution in [0.25, 0.3) is 0 Å². The van der Waals surface area contributed by atoms with Crippen LogP contribution in [0.5, 0.6) is 5.75 Å². The maximum Gasteiger partial charge on any atom is 0.311 e. The minimum atomic E-state index is -0.817. The van der Waals surface area contributed by atoms with Crippen LogP contribution in [0.1, 0.15) is 36.0 Å². The van der Waals surface area contributed by atoms with Crippen molar-refractivity contribution in [3.05, 3.63) is 59.4 Å². The van der Waals surface area contributed by atoms with E-state index in [1.54, 1.807) is 12.4 Å². The second-order valence-electron chi connectivity index (χ2n) is 5.32. The predicted molar refractivity (Wildman–Crippen MR) is 85.3 cm³/mol. The summed E-state index contributed by atoms with van der Waals surface area (Å²) in [5.74, 6) is -0.596. The number of aliphatic carboxylic acids is 1. The fraction of sp³-hybridized carbons (Fsp3) is 0.333. The summed E-state index contributed by atoms with van der Waals surface area (Å²) in [4.78, 5) is 15.6. The van der Waals surface area contributed by atoms with Crippen molar-refractivity contribution in [2.75, 3.05) is 6.61 Å². The highest BCUT2D eigenvalue weighted by atomic mass is 16.5. The van der Waals surface area contributed by atoms with Gasteiger partial charge in [0.15, 0.2) is 0 Å². The first-order valence-electron chi connectivity index (χ1n) is 7.47. The van der Waals surface area contributed by atoms with Gasteiger partial charge in [0.1, 0.15) is 5.75 Å². The number of aryl methyl sites for hydroxylation is 1. The van der Waals surface area contributed by atoms with Gasteiger partial charge in [-0.2, -0.15) is 0 Å². The zero-order chi connectivity index (χ0) is 15.9. The molecule has 0 saturated carbocycles. The molecular weight excluding hydrogens is 278 g/mol. The molecule has 1 unspecified atom stereocenters. The van der Waals surface area contributed by atoms with Crippen LogP contribution in [0.2, 0.25) is 0 Å². The van der Waals surface area contributed by atoms with Crippen LogP contribution in [0.15, 0.2) is 42.7 Å². The van der Waals surface area contributed by atoms with E-state index in [1.807, 2.05) is 37.3 Å². The Bertz CT molecular complexity index is 625. The van der Waals surface area contributed by atoms with E-state index < -0.39 is 11.9 Å². The van der Waals surface area contributed by atoms with Crippen LogP contribution >= 0.6 is 0 Å². The molecule has 0 saturated heterocycles. The van der Waals surface area contributed by atoms with E-state index in [-0.39, 0.29) is 0 Å². The standard InChI is InChI=1S/C18H21NO3/c1-3-10-22-15-4-5-16(13(2)11-15)17(18(20)21)12-14-6-8-19-9-7-14/h4-9,11,17H,3,10,12H2,1-2H3,(H,20,21). The molecule has 4 nitrogen and oxygen atoms in total. The summed E-state index contributed by atoms with van der Waals surface area (Å²) in [5, 5.41) is 9.58. The van der Waals surface area contributed by atoms with Crippen molar-refractivity contribution >= 4 is 5.97 Å². The fourth-order valence-corrected chi connectivity index (χ4v) is 2.43. The molecule has 2 rings (SSSR count). The highest BCUT2D eigenvalue weighted by Gasteiger charge is 2.22. The molecule has 0 spiro atoms. The first-order valence-corrected chi connectivity index (χ1v) is 7.47. The lowest BCUT2D eigenvalue weighted by atomic mass is 9.89. The number of benzene rings is 1. The topological polar surface area (TPSA) is 59.4 Å². The number of carboxylic acids is 1. The van der Waals surface area contributed by atoms with Gasteiger partial charge in [-0.1, -0.05) is 13.0 Å². The Morgan fingerprint density at radius 1 is 1.27 bits per heavy atom. The molecule has 0 amide bonds. The zero-order valence-corrected chi connectivity index (χ0v) is 13.0. The molecule has 0 aliphatic rings. The van der Waals surface area contributed by atoms with Gasteiger partial charge in [-0.3, -0.25) is 9.78 Å². The number of ether oxygens (including phenoxy) is 1. The van der Waals surface area contributed by atoms with Crippen molar-refractivity contribution in [1.29, 1.82) is 0 Å². The highest BCUT2D eigenvalue weighted by molar-refractivity contribution is 5.77. The van der Waals surface area contributed by atoms with E-state index in [0.717, 1.165) is 28.9 Å². The minimum Gasteiger partial charge on any atom is -0.494 e. The number of hydrogen-bond donors (Lipinski definition) is 1. The molecule has 0 radical (unpaired) electrons. The second-order valence-corrected chi connectivity index (χ2v) is 5.32. The molecule has 4 heteroatoms. The van der Waals surface area contributed by atoms with E-state index >= 15 is 0 Å². The molecular formula is C18H21NO3. The summed E-state index contributed by atoms with van der Waals surface area (Å²) in [6.45, 7) is 4.64. The van der Waals surface area contributed by atoms with Gasteiger partial charge in [-0.05, 0) is 60.7 Å². The van der Waals surface area contributed by atoms with Gasteiger partial charge in [0.25, 0.3) is 0 Å². The highest BCUT2D eigenvalue weighted by Crippen LogP contribution is 2.27. The van der Waals surface area contributed by atoms with Crippen molar-refractivity contribution in [2.45, 2.75) is 32.6 Å². The van der Waals surface area contributed by atoms with Crippen molar-refractivity contribution in [1.82, 2.24) is 4.98 Å². The first kappa shape index (κ1) is 16.0. The van der Waals surface area contributed by atoms with Crippen molar-refractivity contribution < 1.29 is 14.6 Å². The van der Waals surface area contributed by atoms with Crippen LogP contribution in [0, 0.1) is 6.92 Å². The lowest BCUT2D eigenvalue weighted by Gasteiger charge is -2.16. The summed E-state index contributed by atoms with van der Waals surface area (Å²) in [7, 11) is 0. The van der Waals surface area contributed by atoms with E-state index in [4.69, 9.17) is 4.74 Å². The molecule has 1 aromatic heterocycles. The Morgan fingerprint density at radius 3 is 2.59 bits per heavy atom. The van der Waals surface area contributed by atoms with Gasteiger partial charge in [0, 0.05) is 12.4 Å². The first-order chi connectivity index (χ1) is 10.6. The predicted octanol–water partition coefficient (Wildman–Crippen LogP) is 3.59. The Labute approximate surface area is 130 Å². The summed E-state index contributed by atoms with van der Waals surface area (Å²) >= 11 is 0. The summed E-state index contributed by atoms with van der Waals surface area (Å²) in [6, 6.07) is 9.32. The third kappa shape index (κ3) is 4.07. The Morgan fingerprint density at radius 2 is 2.00 bits per heavy atom. The zero-order valence-electron chi connectivity index (χ0n) is 13.0. The quantitative estimate of drug-likeness (QED) is 0.848. The van der Waals surface area contributed by atoms with E-state index in [1.165, 1.54) is 0 Å². The molecule has 0 bridgehead atoms. The number of pyridine rings is 1. The van der Waals surface area contributed by atoms with Crippen LogP contribution < -0.4 is 4.74 Å². The van der Waals surface area contributed by atoms with Crippen molar-refractivity contribution in [3.63, 3.8) is 0 Å². The van der Waals surface area contributed by atoms with E-state index in [9.17, 15) is 9.90 Å². The fourth-order valence-electron chi connectivity index (χ4n) is 2.43. The molecule has 116 valence electrons. The van der Waals surface area contributed by atoms with Crippen molar-refractivity contribution in [2.24, 2.45) is 0 Å². The normalized spacial score (nSPS) is 11.9. The van der Waals surface area contributed by atoms with Gasteiger partial charge in [0.2, 0.25) is 0 Å². The van der Waals surface area contributed by atoms with E-state index in [0.29, 0.717) is 13.0 Å². The third-order valence-corrected chi connectivity index (χ3v) is 3.58. The molecule has 0 aliphatic heterocycles. The van der Waals surface area contributed by atoms with Crippen LogP contribution in [-0.4, -0.2) is 22.7 Å². The molecule has 0 fully saturated rings. The molecule has 1 aromatic carbocycles. The number of carboxylic acid groups (broad SMARTS) is 1. The van der Waals surface area contributed by atoms with Crippen LogP contribution in [-0.2, 0) is 11.2 Å². The summed E-state index contributed by atoms with van der Waals surface area (Å²) in [5.41, 5.74) is 2.73. The largest absolute Gasteiger partial charge is 0.494 e. The third-order valence-electron chi connectivity index (χ3n) is 3.58. The van der Waals surface area contributed by atoms with Crippen LogP contribution in [0.4, 0.5) is 0 Å². The molecule has 22 heavy (non-hydrogen) atoms. The molecule has 2 aromatic rings. The number of rotatable bonds is 7. The number of nitrogens with zero attached hydrogens (tertiary/aromatic N) is 1. The average Bonchev–Trinajstić information content (AvgIpc) is 2.52. The van der Waals surface area contributed by atoms with Gasteiger partial charge >= 0.3 is 5.97 Å². The van der Waals surface area contributed by atoms with Crippen LogP contribution in [0.3, 0.4) is 0 Å². The van der Waals surface area contributed by atoms with Gasteiger partial charge in [0.05, 0.1) is 12.5 Å². The SMILES string of the molecule is CCCOc1ccc(C(Cc2ccncc2)C(=O)O)c(C)c1. The lowest BCUT2D eigenvalue weighted by Crippen LogP contribution is -2.15. The molecule has 1 N–H and O–H groups in total. The van der Waals surface area contributed by atoms with E-state index in [2.05, 4.69) is 11.9 Å². The second kappa shape index (κ2) is 7.59. The monoisotopic (exact) mass is 299 g/mol. The maximum atomic E-state index is 11.7. The number of aromatic nitrogens is 1. The Hall–Kier alpha value is -2.36. The van der Waals surface area contributed by atoms with Gasteiger partial charge in [-0.25, -0.2) is 0 Å². The maximum absolute atomic E-state index is 11.7. The van der Waals surface area contributed by atoms with Crippen molar-refractivity contribution in [3.8, 4) is 5.75 Å². The summed E-state index contributed by atoms with van der Waals surface area (Å²) < 4.78 is 5.59. The van der Waals surface area contributed by atoms with Gasteiger partial charge < -0.3 is 9.84 Å². The summed E-state index contributed by atoms with van der Waals surface area (Å²) in [6.07, 6.45) is 4.76. The Kier molecular flexibility index (Phi) is 5.53. The smallest absolute Gasteiger partial charge is 0.311 e. The number of carbonyl (C=O) groups is 1. The Balaban J connectivity index is 2.23. The average molecular weight is 299 g/mol. The molecule has 0 aliphatic carbocycles. The number of hydrogen-bond acceptors (Lipinski definition) is 3. The molecule has 1 heterocycles. The lowest BCUT2D eigenvalue weighted by molar-refractivity contribution is -0.138.